The van der Waals surface area contributed by atoms with Crippen LogP contribution in [0.5, 0.6) is 0 Å². The number of rotatable bonds is 3. The van der Waals surface area contributed by atoms with E-state index in [4.69, 9.17) is 4.52 Å². The minimum atomic E-state index is -0.291. The lowest BCUT2D eigenvalue weighted by atomic mass is 10.2. The molecule has 0 atom stereocenters. The molecule has 0 aliphatic carbocycles. The fourth-order valence-corrected chi connectivity index (χ4v) is 1.39. The molecule has 2 amide bonds. The molecule has 1 heterocycles. The summed E-state index contributed by atoms with van der Waals surface area (Å²) in [7, 11) is 0. The zero-order chi connectivity index (χ0) is 12.1. The van der Waals surface area contributed by atoms with E-state index in [2.05, 4.69) is 15.8 Å². The third kappa shape index (κ3) is 2.84. The first-order valence-corrected chi connectivity index (χ1v) is 5.36. The summed E-state index contributed by atoms with van der Waals surface area (Å²) in [5.74, 6) is 1.02. The molecule has 5 nitrogen and oxygen atoms in total. The van der Waals surface area contributed by atoms with E-state index in [9.17, 15) is 4.79 Å². The molecule has 0 aliphatic rings. The van der Waals surface area contributed by atoms with Gasteiger partial charge in [-0.3, -0.25) is 5.32 Å². The Morgan fingerprint density at radius 1 is 1.35 bits per heavy atom. The molecule has 2 N–H and O–H groups in total. The topological polar surface area (TPSA) is 67.2 Å². The van der Waals surface area contributed by atoms with Gasteiger partial charge in [0.1, 0.15) is 0 Å². The van der Waals surface area contributed by atoms with Crippen LogP contribution in [-0.2, 0) is 0 Å². The van der Waals surface area contributed by atoms with Gasteiger partial charge in [-0.1, -0.05) is 35.5 Å². The Morgan fingerprint density at radius 3 is 2.82 bits per heavy atom. The third-order valence-electron chi connectivity index (χ3n) is 2.15. The number of nitrogens with one attached hydrogen (secondary N) is 2. The minimum absolute atomic E-state index is 0.291. The van der Waals surface area contributed by atoms with Crippen molar-refractivity contribution in [1.29, 1.82) is 0 Å². The van der Waals surface area contributed by atoms with Crippen molar-refractivity contribution in [1.82, 2.24) is 10.5 Å². The molecule has 1 aromatic carbocycles. The quantitative estimate of drug-likeness (QED) is 0.852. The number of benzene rings is 1. The molecule has 0 saturated heterocycles. The van der Waals surface area contributed by atoms with Crippen LogP contribution >= 0.6 is 0 Å². The molecule has 0 spiro atoms. The summed E-state index contributed by atoms with van der Waals surface area (Å²) in [6.45, 7) is 2.41. The molecule has 2 rings (SSSR count). The number of anilines is 1. The molecule has 5 heteroatoms. The SMILES string of the molecule is CCNC(=O)Nc1cc(-c2ccccc2)on1. The zero-order valence-corrected chi connectivity index (χ0v) is 9.43. The van der Waals surface area contributed by atoms with Gasteiger partial charge in [0.2, 0.25) is 0 Å². The molecule has 88 valence electrons. The normalized spacial score (nSPS) is 9.94. The van der Waals surface area contributed by atoms with Gasteiger partial charge in [-0.25, -0.2) is 4.79 Å². The van der Waals surface area contributed by atoms with Crippen LogP contribution in [0.1, 0.15) is 6.92 Å². The third-order valence-corrected chi connectivity index (χ3v) is 2.15. The Labute approximate surface area is 98.8 Å². The molecule has 0 radical (unpaired) electrons. The molecule has 0 unspecified atom stereocenters. The van der Waals surface area contributed by atoms with E-state index in [0.29, 0.717) is 18.1 Å². The first kappa shape index (κ1) is 11.2. The van der Waals surface area contributed by atoms with Gasteiger partial charge in [0.05, 0.1) is 0 Å². The number of carbonyl (C=O) groups is 1. The summed E-state index contributed by atoms with van der Waals surface area (Å²) in [6.07, 6.45) is 0. The van der Waals surface area contributed by atoms with Crippen molar-refractivity contribution in [3.8, 4) is 11.3 Å². The van der Waals surface area contributed by atoms with Crippen molar-refractivity contribution >= 4 is 11.8 Å². The Balaban J connectivity index is 2.09. The highest BCUT2D eigenvalue weighted by Gasteiger charge is 2.08. The number of urea groups is 1. The molecular weight excluding hydrogens is 218 g/mol. The Bertz CT molecular complexity index is 493. The largest absolute Gasteiger partial charge is 0.354 e. The molecule has 17 heavy (non-hydrogen) atoms. The van der Waals surface area contributed by atoms with Crippen LogP contribution in [0, 0.1) is 0 Å². The van der Waals surface area contributed by atoms with Gasteiger partial charge in [0.25, 0.3) is 0 Å². The molecule has 0 aliphatic heterocycles. The monoisotopic (exact) mass is 231 g/mol. The molecule has 1 aromatic heterocycles. The maximum Gasteiger partial charge on any atom is 0.320 e. The van der Waals surface area contributed by atoms with Crippen molar-refractivity contribution in [3.63, 3.8) is 0 Å². The fourth-order valence-electron chi connectivity index (χ4n) is 1.39. The number of nitrogens with zero attached hydrogens (tertiary/aromatic N) is 1. The van der Waals surface area contributed by atoms with E-state index < -0.39 is 0 Å². The zero-order valence-electron chi connectivity index (χ0n) is 9.43. The van der Waals surface area contributed by atoms with Crippen molar-refractivity contribution in [2.24, 2.45) is 0 Å². The van der Waals surface area contributed by atoms with E-state index in [1.165, 1.54) is 0 Å². The van der Waals surface area contributed by atoms with Crippen LogP contribution < -0.4 is 10.6 Å². The van der Waals surface area contributed by atoms with Crippen LogP contribution in [-0.4, -0.2) is 17.7 Å². The summed E-state index contributed by atoms with van der Waals surface area (Å²) in [6, 6.07) is 11.0. The predicted molar refractivity (Wildman–Crippen MR) is 64.6 cm³/mol. The van der Waals surface area contributed by atoms with Gasteiger partial charge in [0, 0.05) is 18.2 Å². The molecular formula is C12H13N3O2. The maximum absolute atomic E-state index is 11.3. The van der Waals surface area contributed by atoms with E-state index in [1.54, 1.807) is 6.07 Å². The molecule has 0 saturated carbocycles. The number of amides is 2. The van der Waals surface area contributed by atoms with Crippen LogP contribution in [0.15, 0.2) is 40.9 Å². The van der Waals surface area contributed by atoms with Gasteiger partial charge in [0.15, 0.2) is 11.6 Å². The smallest absolute Gasteiger partial charge is 0.320 e. The lowest BCUT2D eigenvalue weighted by Gasteiger charge is -1.99. The second-order valence-corrected chi connectivity index (χ2v) is 3.43. The van der Waals surface area contributed by atoms with E-state index in [1.807, 2.05) is 37.3 Å². The van der Waals surface area contributed by atoms with Gasteiger partial charge in [-0.2, -0.15) is 0 Å². The minimum Gasteiger partial charge on any atom is -0.354 e. The number of aromatic nitrogens is 1. The Hall–Kier alpha value is -2.30. The van der Waals surface area contributed by atoms with Crippen molar-refractivity contribution < 1.29 is 9.32 Å². The highest BCUT2D eigenvalue weighted by molar-refractivity contribution is 5.88. The van der Waals surface area contributed by atoms with Gasteiger partial charge in [-0.05, 0) is 6.92 Å². The highest BCUT2D eigenvalue weighted by Crippen LogP contribution is 2.21. The molecule has 0 fully saturated rings. The van der Waals surface area contributed by atoms with Gasteiger partial charge < -0.3 is 9.84 Å². The van der Waals surface area contributed by atoms with E-state index >= 15 is 0 Å². The van der Waals surface area contributed by atoms with E-state index in [0.717, 1.165) is 5.56 Å². The summed E-state index contributed by atoms with van der Waals surface area (Å²) in [5, 5.41) is 8.96. The Morgan fingerprint density at radius 2 is 2.12 bits per heavy atom. The average Bonchev–Trinajstić information content (AvgIpc) is 2.79. The fraction of sp³-hybridized carbons (Fsp3) is 0.167. The lowest BCUT2D eigenvalue weighted by molar-refractivity contribution is 0.252. The predicted octanol–water partition coefficient (Wildman–Crippen LogP) is 2.48. The van der Waals surface area contributed by atoms with Crippen LogP contribution in [0.3, 0.4) is 0 Å². The summed E-state index contributed by atoms with van der Waals surface area (Å²) in [5.41, 5.74) is 0.920. The van der Waals surface area contributed by atoms with Crippen molar-refractivity contribution in [2.45, 2.75) is 6.92 Å². The number of hydrogen-bond acceptors (Lipinski definition) is 3. The summed E-state index contributed by atoms with van der Waals surface area (Å²) < 4.78 is 5.14. The van der Waals surface area contributed by atoms with Crippen LogP contribution in [0.25, 0.3) is 11.3 Å². The molecule has 2 aromatic rings. The maximum atomic E-state index is 11.3. The molecule has 0 bridgehead atoms. The van der Waals surface area contributed by atoms with E-state index in [-0.39, 0.29) is 6.03 Å². The van der Waals surface area contributed by atoms with Gasteiger partial charge >= 0.3 is 6.03 Å². The lowest BCUT2D eigenvalue weighted by Crippen LogP contribution is -2.28. The summed E-state index contributed by atoms with van der Waals surface area (Å²) >= 11 is 0. The van der Waals surface area contributed by atoms with Crippen LogP contribution in [0.4, 0.5) is 10.6 Å². The van der Waals surface area contributed by atoms with Crippen molar-refractivity contribution in [2.75, 3.05) is 11.9 Å². The number of carbonyl (C=O) groups excluding carboxylic acids is 1. The first-order chi connectivity index (χ1) is 8.29. The standard InChI is InChI=1S/C12H13N3O2/c1-2-13-12(16)14-11-8-10(17-15-11)9-6-4-3-5-7-9/h3-8H,2H2,1H3,(H2,13,14,15,16). The first-order valence-electron chi connectivity index (χ1n) is 5.36. The average molecular weight is 231 g/mol. The number of hydrogen-bond donors (Lipinski definition) is 2. The second-order valence-electron chi connectivity index (χ2n) is 3.43. The second kappa shape index (κ2) is 5.16. The Kier molecular flexibility index (Phi) is 3.40. The highest BCUT2D eigenvalue weighted by atomic mass is 16.5. The van der Waals surface area contributed by atoms with Crippen LogP contribution in [0.2, 0.25) is 0 Å². The van der Waals surface area contributed by atoms with Gasteiger partial charge in [-0.15, -0.1) is 0 Å². The summed E-state index contributed by atoms with van der Waals surface area (Å²) in [4.78, 5) is 11.3. The van der Waals surface area contributed by atoms with Crippen molar-refractivity contribution in [3.05, 3.63) is 36.4 Å².